The molecule has 0 spiro atoms. The highest BCUT2D eigenvalue weighted by Gasteiger charge is 2.31. The minimum atomic E-state index is -0.269. The number of anilines is 1. The Hall–Kier alpha value is -1.62. The van der Waals surface area contributed by atoms with Crippen LogP contribution in [0, 0.1) is 23.0 Å². The van der Waals surface area contributed by atoms with Crippen LogP contribution in [0.1, 0.15) is 31.2 Å². The highest BCUT2D eigenvalue weighted by atomic mass is 16.6. The number of benzene rings is 1. The molecule has 0 aromatic heterocycles. The van der Waals surface area contributed by atoms with Crippen LogP contribution in [-0.4, -0.2) is 30.7 Å². The average molecular weight is 290 g/mol. The Balaban J connectivity index is 1.70. The molecule has 0 bridgehead atoms. The third-order valence-electron chi connectivity index (χ3n) is 4.70. The number of piperidine rings is 1. The summed E-state index contributed by atoms with van der Waals surface area (Å²) in [6.45, 7) is 4.55. The predicted octanol–water partition coefficient (Wildman–Crippen LogP) is 3.30. The molecule has 0 radical (unpaired) electrons. The molecule has 1 aromatic carbocycles. The number of aryl methyl sites for hydroxylation is 1. The van der Waals surface area contributed by atoms with E-state index in [1.54, 1.807) is 6.07 Å². The molecule has 2 aliphatic rings. The smallest absolute Gasteiger partial charge is 0.292 e. The van der Waals surface area contributed by atoms with Crippen LogP contribution < -0.4 is 4.90 Å². The van der Waals surface area contributed by atoms with Crippen molar-refractivity contribution in [1.82, 2.24) is 0 Å². The average Bonchev–Trinajstić information content (AvgIpc) is 3.01. The van der Waals surface area contributed by atoms with Gasteiger partial charge in [-0.2, -0.15) is 0 Å². The van der Waals surface area contributed by atoms with E-state index < -0.39 is 0 Å². The fraction of sp³-hybridized carbons (Fsp3) is 0.625. The van der Waals surface area contributed by atoms with Gasteiger partial charge in [0, 0.05) is 25.8 Å². The minimum Gasteiger partial charge on any atom is -0.378 e. The summed E-state index contributed by atoms with van der Waals surface area (Å²) in [5, 5.41) is 11.2. The number of hydrogen-bond acceptors (Lipinski definition) is 4. The third kappa shape index (κ3) is 3.02. The van der Waals surface area contributed by atoms with Crippen LogP contribution in [0.25, 0.3) is 0 Å². The monoisotopic (exact) mass is 290 g/mol. The number of nitrogens with zero attached hydrogens (tertiary/aromatic N) is 2. The van der Waals surface area contributed by atoms with Crippen LogP contribution in [0.15, 0.2) is 18.2 Å². The Morgan fingerprint density at radius 1 is 1.29 bits per heavy atom. The summed E-state index contributed by atoms with van der Waals surface area (Å²) in [5.41, 5.74) is 1.92. The number of ether oxygens (including phenoxy) is 1. The van der Waals surface area contributed by atoms with Crippen LogP contribution in [-0.2, 0) is 4.74 Å². The van der Waals surface area contributed by atoms with Crippen molar-refractivity contribution in [3.63, 3.8) is 0 Å². The van der Waals surface area contributed by atoms with Crippen molar-refractivity contribution in [3.8, 4) is 0 Å². The van der Waals surface area contributed by atoms with Gasteiger partial charge in [0.1, 0.15) is 5.69 Å². The lowest BCUT2D eigenvalue weighted by atomic mass is 9.89. The molecule has 5 nitrogen and oxygen atoms in total. The van der Waals surface area contributed by atoms with Gasteiger partial charge in [0.25, 0.3) is 5.69 Å². The zero-order valence-electron chi connectivity index (χ0n) is 12.5. The molecular weight excluding hydrogens is 268 g/mol. The van der Waals surface area contributed by atoms with Crippen LogP contribution >= 0.6 is 0 Å². The maximum absolute atomic E-state index is 11.2. The Kier molecular flexibility index (Phi) is 4.10. The number of nitro benzene ring substituents is 1. The van der Waals surface area contributed by atoms with E-state index >= 15 is 0 Å². The second kappa shape index (κ2) is 6.02. The Bertz CT molecular complexity index is 518. The molecule has 2 saturated heterocycles. The summed E-state index contributed by atoms with van der Waals surface area (Å²) in [7, 11) is 0. The second-order valence-electron chi connectivity index (χ2n) is 6.13. The SMILES string of the molecule is Cc1ccc(N2CCC(C3CCCO3)CC2)c([N+](=O)[O-])c1. The highest BCUT2D eigenvalue weighted by Crippen LogP contribution is 2.34. The van der Waals surface area contributed by atoms with Gasteiger partial charge >= 0.3 is 0 Å². The summed E-state index contributed by atoms with van der Waals surface area (Å²) < 4.78 is 5.78. The molecule has 1 atom stereocenters. The summed E-state index contributed by atoms with van der Waals surface area (Å²) in [4.78, 5) is 13.1. The van der Waals surface area contributed by atoms with Crippen LogP contribution in [0.2, 0.25) is 0 Å². The predicted molar refractivity (Wildman–Crippen MR) is 81.7 cm³/mol. The summed E-state index contributed by atoms with van der Waals surface area (Å²) >= 11 is 0. The molecule has 2 fully saturated rings. The standard InChI is InChI=1S/C16H22N2O3/c1-12-4-5-14(15(11-12)18(19)20)17-8-6-13(7-9-17)16-3-2-10-21-16/h4-5,11,13,16H,2-3,6-10H2,1H3. The first-order valence-corrected chi connectivity index (χ1v) is 7.77. The first-order chi connectivity index (χ1) is 10.1. The van der Waals surface area contributed by atoms with Crippen molar-refractivity contribution in [2.45, 2.75) is 38.7 Å². The van der Waals surface area contributed by atoms with Gasteiger partial charge < -0.3 is 9.64 Å². The molecule has 1 aromatic rings. The van der Waals surface area contributed by atoms with E-state index in [0.717, 1.165) is 43.8 Å². The zero-order valence-corrected chi connectivity index (χ0v) is 12.5. The first kappa shape index (κ1) is 14.3. The minimum absolute atomic E-state index is 0.227. The van der Waals surface area contributed by atoms with Gasteiger partial charge in [-0.05, 0) is 50.2 Å². The zero-order chi connectivity index (χ0) is 14.8. The van der Waals surface area contributed by atoms with Crippen LogP contribution in [0.4, 0.5) is 11.4 Å². The molecular formula is C16H22N2O3. The molecule has 0 N–H and O–H groups in total. The lowest BCUT2D eigenvalue weighted by Gasteiger charge is -2.35. The largest absolute Gasteiger partial charge is 0.378 e. The van der Waals surface area contributed by atoms with Gasteiger partial charge in [0.05, 0.1) is 11.0 Å². The van der Waals surface area contributed by atoms with Crippen molar-refractivity contribution in [1.29, 1.82) is 0 Å². The fourth-order valence-corrected chi connectivity index (χ4v) is 3.53. The number of hydrogen-bond donors (Lipinski definition) is 0. The lowest BCUT2D eigenvalue weighted by Crippen LogP contribution is -2.38. The molecule has 2 heterocycles. The lowest BCUT2D eigenvalue weighted by molar-refractivity contribution is -0.384. The molecule has 1 unspecified atom stereocenters. The van der Waals surface area contributed by atoms with Crippen molar-refractivity contribution in [2.24, 2.45) is 5.92 Å². The van der Waals surface area contributed by atoms with E-state index in [9.17, 15) is 10.1 Å². The van der Waals surface area contributed by atoms with E-state index in [4.69, 9.17) is 4.74 Å². The third-order valence-corrected chi connectivity index (χ3v) is 4.70. The van der Waals surface area contributed by atoms with E-state index in [0.29, 0.717) is 12.0 Å². The Morgan fingerprint density at radius 2 is 2.05 bits per heavy atom. The highest BCUT2D eigenvalue weighted by molar-refractivity contribution is 5.64. The van der Waals surface area contributed by atoms with E-state index in [1.807, 2.05) is 19.1 Å². The van der Waals surface area contributed by atoms with Gasteiger partial charge in [0.15, 0.2) is 0 Å². The number of nitro groups is 1. The Labute approximate surface area is 125 Å². The molecule has 2 aliphatic heterocycles. The quantitative estimate of drug-likeness (QED) is 0.633. The normalized spacial score (nSPS) is 23.5. The van der Waals surface area contributed by atoms with Crippen molar-refractivity contribution in [2.75, 3.05) is 24.6 Å². The van der Waals surface area contributed by atoms with Crippen molar-refractivity contribution in [3.05, 3.63) is 33.9 Å². The first-order valence-electron chi connectivity index (χ1n) is 7.77. The van der Waals surface area contributed by atoms with Crippen molar-refractivity contribution >= 4 is 11.4 Å². The molecule has 21 heavy (non-hydrogen) atoms. The summed E-state index contributed by atoms with van der Waals surface area (Å²) in [6.07, 6.45) is 4.90. The van der Waals surface area contributed by atoms with Crippen molar-refractivity contribution < 1.29 is 9.66 Å². The Morgan fingerprint density at radius 3 is 2.67 bits per heavy atom. The molecule has 3 rings (SSSR count). The van der Waals surface area contributed by atoms with Crippen LogP contribution in [0.3, 0.4) is 0 Å². The van der Waals surface area contributed by atoms with E-state index in [-0.39, 0.29) is 10.6 Å². The van der Waals surface area contributed by atoms with Gasteiger partial charge in [-0.1, -0.05) is 6.07 Å². The number of rotatable bonds is 3. The fourth-order valence-electron chi connectivity index (χ4n) is 3.53. The maximum Gasteiger partial charge on any atom is 0.292 e. The molecule has 0 saturated carbocycles. The molecule has 5 heteroatoms. The van der Waals surface area contributed by atoms with Gasteiger partial charge in [-0.15, -0.1) is 0 Å². The topological polar surface area (TPSA) is 55.6 Å². The van der Waals surface area contributed by atoms with Crippen LogP contribution in [0.5, 0.6) is 0 Å². The summed E-state index contributed by atoms with van der Waals surface area (Å²) in [6, 6.07) is 5.51. The van der Waals surface area contributed by atoms with Gasteiger partial charge in [-0.25, -0.2) is 0 Å². The van der Waals surface area contributed by atoms with E-state index in [1.165, 1.54) is 12.8 Å². The summed E-state index contributed by atoms with van der Waals surface area (Å²) in [5.74, 6) is 0.619. The van der Waals surface area contributed by atoms with Gasteiger partial charge in [0.2, 0.25) is 0 Å². The van der Waals surface area contributed by atoms with Gasteiger partial charge in [-0.3, -0.25) is 10.1 Å². The molecule has 114 valence electrons. The molecule has 0 amide bonds. The second-order valence-corrected chi connectivity index (χ2v) is 6.13. The van der Waals surface area contributed by atoms with E-state index in [2.05, 4.69) is 4.90 Å². The maximum atomic E-state index is 11.2. The molecule has 0 aliphatic carbocycles.